The summed E-state index contributed by atoms with van der Waals surface area (Å²) < 4.78 is 75.2. The predicted octanol–water partition coefficient (Wildman–Crippen LogP) is 11.5. The quantitative estimate of drug-likeness (QED) is 0.0255. The molecule has 1 aliphatic rings. The zero-order valence-corrected chi connectivity index (χ0v) is 39.8. The highest BCUT2D eigenvalue weighted by molar-refractivity contribution is 8.05. The van der Waals surface area contributed by atoms with Crippen LogP contribution in [0.3, 0.4) is 0 Å². The fourth-order valence-corrected chi connectivity index (χ4v) is 11.6. The van der Waals surface area contributed by atoms with Crippen LogP contribution in [0.1, 0.15) is 12.0 Å². The number of hydrogen-bond acceptors (Lipinski definition) is 14. The Morgan fingerprint density at radius 2 is 0.875 bits per heavy atom. The Bertz CT molecular complexity index is 3520. The fourth-order valence-electron chi connectivity index (χ4n) is 8.68. The largest absolute Gasteiger partial charge is 0.344 e. The van der Waals surface area contributed by atoms with Crippen LogP contribution in [0.2, 0.25) is 0 Å². The van der Waals surface area contributed by atoms with Gasteiger partial charge < -0.3 is 31.9 Å². The number of nitrogens with zero attached hydrogens (tertiary/aromatic N) is 4. The molecule has 1 atom stereocenters. The van der Waals surface area contributed by atoms with Crippen molar-refractivity contribution in [3.63, 3.8) is 0 Å². The molecule has 360 valence electrons. The Morgan fingerprint density at radius 1 is 0.458 bits per heavy atom. The summed E-state index contributed by atoms with van der Waals surface area (Å²) in [6.45, 7) is 0. The van der Waals surface area contributed by atoms with Crippen molar-refractivity contribution in [1.82, 2.24) is 19.9 Å². The second-order valence-corrected chi connectivity index (χ2v) is 20.7. The van der Waals surface area contributed by atoms with E-state index in [4.69, 9.17) is 19.9 Å². The van der Waals surface area contributed by atoms with Gasteiger partial charge in [-0.1, -0.05) is 146 Å². The average molecular weight is 995 g/mol. The lowest BCUT2D eigenvalue weighted by molar-refractivity contribution is 0.361. The van der Waals surface area contributed by atoms with Crippen molar-refractivity contribution in [2.75, 3.05) is 31.9 Å². The van der Waals surface area contributed by atoms with E-state index in [9.17, 15) is 25.9 Å². The van der Waals surface area contributed by atoms with Crippen LogP contribution in [0.5, 0.6) is 0 Å². The van der Waals surface area contributed by atoms with Crippen LogP contribution < -0.4 is 31.9 Å². The van der Waals surface area contributed by atoms with Gasteiger partial charge in [-0.15, -0.1) is 0 Å². The van der Waals surface area contributed by atoms with Crippen molar-refractivity contribution in [3.8, 4) is 0 Å². The molecule has 72 heavy (non-hydrogen) atoms. The third-order valence-corrected chi connectivity index (χ3v) is 15.9. The van der Waals surface area contributed by atoms with E-state index in [0.717, 1.165) is 21.5 Å². The van der Waals surface area contributed by atoms with Crippen LogP contribution in [0.25, 0.3) is 27.6 Å². The summed E-state index contributed by atoms with van der Waals surface area (Å²) in [4.78, 5) is 19.2. The van der Waals surface area contributed by atoms with Crippen LogP contribution in [0.15, 0.2) is 206 Å². The third-order valence-electron chi connectivity index (χ3n) is 12.0. The highest BCUT2D eigenvalue weighted by atomic mass is 32.3. The summed E-state index contributed by atoms with van der Waals surface area (Å²) >= 11 is 0. The van der Waals surface area contributed by atoms with Gasteiger partial charge in [0, 0.05) is 47.2 Å². The highest BCUT2D eigenvalue weighted by Crippen LogP contribution is 2.46. The van der Waals surface area contributed by atoms with Crippen molar-refractivity contribution in [2.24, 2.45) is 5.92 Å². The number of nitrogens with one attached hydrogen (secondary N) is 6. The third kappa shape index (κ3) is 10.4. The molecule has 0 amide bonds. The van der Waals surface area contributed by atoms with Crippen LogP contribution in [0, 0.1) is 5.92 Å². The molecule has 1 unspecified atom stereocenters. The van der Waals surface area contributed by atoms with Gasteiger partial charge in [0.05, 0.1) is 0 Å². The van der Waals surface area contributed by atoms with E-state index in [2.05, 4.69) is 31.9 Å². The highest BCUT2D eigenvalue weighted by Gasteiger charge is 2.64. The zero-order chi connectivity index (χ0) is 49.8. The van der Waals surface area contributed by atoms with Crippen LogP contribution in [-0.2, 0) is 20.2 Å². The Kier molecular flexibility index (Phi) is 12.8. The maximum Gasteiger partial charge on any atom is 0.288 e. The molecule has 16 nitrogen and oxygen atoms in total. The first-order chi connectivity index (χ1) is 34.8. The summed E-state index contributed by atoms with van der Waals surface area (Å²) in [7, 11) is -11.4. The number of para-hydroxylation sites is 2. The number of fused-ring (bicyclic) bond motifs is 2. The van der Waals surface area contributed by atoms with Gasteiger partial charge in [0.15, 0.2) is 0 Å². The van der Waals surface area contributed by atoms with Gasteiger partial charge in [0.2, 0.25) is 16.0 Å². The second-order valence-electron chi connectivity index (χ2n) is 17.1. The minimum Gasteiger partial charge on any atom is -0.344 e. The SMILES string of the molecule is O=S(=O)(O)C1(S(=O)(=O)O)CC(Nc2cc(Nc3ccccc3)nc(Nc3ccc4ccccc4c3)n2)(Nc2cc(Nc3ccccc3)nc(Nc3ccc4ccccc4c3)n2)C=CC1C=Cc1ccccc1. The van der Waals surface area contributed by atoms with Crippen LogP contribution >= 0.6 is 0 Å². The molecule has 0 radical (unpaired) electrons. The van der Waals surface area contributed by atoms with Crippen LogP contribution in [-0.4, -0.2) is 55.6 Å². The van der Waals surface area contributed by atoms with Gasteiger partial charge in [-0.2, -0.15) is 36.8 Å². The van der Waals surface area contributed by atoms with E-state index in [1.165, 1.54) is 24.3 Å². The summed E-state index contributed by atoms with van der Waals surface area (Å²) in [5.41, 5.74) is 1.21. The summed E-state index contributed by atoms with van der Waals surface area (Å²) in [5.74, 6) is -0.760. The summed E-state index contributed by atoms with van der Waals surface area (Å²) in [6.07, 6.45) is 4.60. The number of aromatic nitrogens is 4. The van der Waals surface area contributed by atoms with E-state index < -0.39 is 42.3 Å². The molecule has 10 rings (SSSR count). The Hall–Kier alpha value is -8.68. The molecular formula is C54H46N10O6S2. The first-order valence-corrected chi connectivity index (χ1v) is 25.5. The Labute approximate surface area is 415 Å². The summed E-state index contributed by atoms with van der Waals surface area (Å²) in [6, 6.07) is 57.6. The minimum absolute atomic E-state index is 0.0490. The Balaban J connectivity index is 1.13. The maximum absolute atomic E-state index is 14.0. The summed E-state index contributed by atoms with van der Waals surface area (Å²) in [5, 5.41) is 23.6. The van der Waals surface area contributed by atoms with Gasteiger partial charge in [0.25, 0.3) is 20.2 Å². The first-order valence-electron chi connectivity index (χ1n) is 22.7. The monoisotopic (exact) mass is 994 g/mol. The molecule has 18 heteroatoms. The molecular weight excluding hydrogens is 949 g/mol. The molecule has 7 aromatic carbocycles. The number of anilines is 10. The molecule has 9 aromatic rings. The number of rotatable bonds is 16. The molecule has 0 spiro atoms. The van der Waals surface area contributed by atoms with E-state index in [1.54, 1.807) is 42.5 Å². The molecule has 8 N–H and O–H groups in total. The number of allylic oxidation sites excluding steroid dienone is 2. The maximum atomic E-state index is 14.0. The van der Waals surface area contributed by atoms with E-state index in [1.807, 2.05) is 146 Å². The molecule has 0 fully saturated rings. The smallest absolute Gasteiger partial charge is 0.288 e. The minimum atomic E-state index is -5.72. The molecule has 1 aliphatic carbocycles. The lowest BCUT2D eigenvalue weighted by Crippen LogP contribution is -2.62. The lowest BCUT2D eigenvalue weighted by Gasteiger charge is -2.45. The Morgan fingerprint density at radius 3 is 1.33 bits per heavy atom. The number of hydrogen-bond donors (Lipinski definition) is 8. The van der Waals surface area contributed by atoms with Gasteiger partial charge in [-0.05, 0) is 81.7 Å². The van der Waals surface area contributed by atoms with Crippen molar-refractivity contribution in [1.29, 1.82) is 0 Å². The molecule has 0 saturated heterocycles. The normalized spacial score (nSPS) is 15.2. The second kappa shape index (κ2) is 19.6. The van der Waals surface area contributed by atoms with Crippen molar-refractivity contribution < 1.29 is 25.9 Å². The van der Waals surface area contributed by atoms with Gasteiger partial charge in [-0.25, -0.2) is 0 Å². The fraction of sp³-hybridized carbons (Fsp3) is 0.0741. The topological polar surface area (TPSA) is 232 Å². The molecule has 0 saturated carbocycles. The van der Waals surface area contributed by atoms with Gasteiger partial charge in [0.1, 0.15) is 28.9 Å². The average Bonchev–Trinajstić information content (AvgIpc) is 3.36. The van der Waals surface area contributed by atoms with E-state index in [0.29, 0.717) is 28.3 Å². The molecule has 0 bridgehead atoms. The van der Waals surface area contributed by atoms with Crippen LogP contribution in [0.4, 0.5) is 57.9 Å². The standard InChI is InChI=1S/C54H46N10O6S2/c65-71(66,67)54(72(68,69)70)36-53(31-30-42(54)27-24-37-14-4-1-5-15-37,63-49-34-47(55-43-20-6-2-7-21-43)59-51(61-49)57-45-28-25-38-16-10-12-18-40(38)32-45)64-50-35-48(56-44-22-8-3-9-23-44)60-52(62-50)58-46-29-26-39-17-11-13-19-41(39)33-46/h1-35,42H,36H2,(H,65,66,67)(H,68,69,70)(H3,55,57,59,61,63)(H3,56,58,60,62,64). The molecule has 2 aromatic heterocycles. The van der Waals surface area contributed by atoms with Crippen molar-refractivity contribution in [2.45, 2.75) is 16.2 Å². The first kappa shape index (κ1) is 47.0. The van der Waals surface area contributed by atoms with E-state index in [-0.39, 0.29) is 35.2 Å². The van der Waals surface area contributed by atoms with Crippen molar-refractivity contribution >= 4 is 106 Å². The van der Waals surface area contributed by atoms with E-state index >= 15 is 0 Å². The molecule has 2 heterocycles. The van der Waals surface area contributed by atoms with Gasteiger partial charge in [-0.3, -0.25) is 9.11 Å². The zero-order valence-electron chi connectivity index (χ0n) is 38.1. The van der Waals surface area contributed by atoms with Gasteiger partial charge >= 0.3 is 0 Å². The predicted molar refractivity (Wildman–Crippen MR) is 287 cm³/mol. The number of benzene rings is 7. The molecule has 0 aliphatic heterocycles. The lowest BCUT2D eigenvalue weighted by atomic mass is 9.86. The van der Waals surface area contributed by atoms with Crippen molar-refractivity contribution in [3.05, 3.63) is 212 Å².